The van der Waals surface area contributed by atoms with E-state index in [4.69, 9.17) is 4.74 Å². The summed E-state index contributed by atoms with van der Waals surface area (Å²) >= 11 is 2.12. The Kier molecular flexibility index (Phi) is 6.23. The van der Waals surface area contributed by atoms with Crippen molar-refractivity contribution in [2.24, 2.45) is 0 Å². The Labute approximate surface area is 133 Å². The summed E-state index contributed by atoms with van der Waals surface area (Å²) in [6.07, 6.45) is 6.04. The standard InChI is InChI=1S/C16H30N2O2S/c1-16(2,3)20-15(19)18-9-7-13(8-10-18)17-12-14-6-4-5-11-21-14/h13-14,17H,4-12H2,1-3H3. The van der Waals surface area contributed by atoms with E-state index in [1.54, 1.807) is 0 Å². The van der Waals surface area contributed by atoms with E-state index in [0.29, 0.717) is 6.04 Å². The lowest BCUT2D eigenvalue weighted by Gasteiger charge is -2.34. The van der Waals surface area contributed by atoms with Gasteiger partial charge >= 0.3 is 6.09 Å². The van der Waals surface area contributed by atoms with Gasteiger partial charge in [0.1, 0.15) is 5.60 Å². The van der Waals surface area contributed by atoms with E-state index in [0.717, 1.165) is 37.7 Å². The second-order valence-corrected chi connectivity index (χ2v) is 8.55. The summed E-state index contributed by atoms with van der Waals surface area (Å²) in [7, 11) is 0. The zero-order valence-corrected chi connectivity index (χ0v) is 14.5. The Balaban J connectivity index is 1.64. The molecular weight excluding hydrogens is 284 g/mol. The first-order valence-electron chi connectivity index (χ1n) is 8.27. The number of nitrogens with zero attached hydrogens (tertiary/aromatic N) is 1. The van der Waals surface area contributed by atoms with Crippen LogP contribution in [0, 0.1) is 0 Å². The Morgan fingerprint density at radius 3 is 2.52 bits per heavy atom. The number of amides is 1. The molecule has 1 atom stereocenters. The number of thioether (sulfide) groups is 1. The third-order valence-corrected chi connectivity index (χ3v) is 5.45. The zero-order valence-electron chi connectivity index (χ0n) is 13.7. The van der Waals surface area contributed by atoms with Gasteiger partial charge in [-0.05, 0) is 52.2 Å². The predicted octanol–water partition coefficient (Wildman–Crippen LogP) is 3.26. The largest absolute Gasteiger partial charge is 0.444 e. The van der Waals surface area contributed by atoms with E-state index in [9.17, 15) is 4.79 Å². The minimum Gasteiger partial charge on any atom is -0.444 e. The van der Waals surface area contributed by atoms with Gasteiger partial charge in [0.05, 0.1) is 0 Å². The van der Waals surface area contributed by atoms with Crippen molar-refractivity contribution in [1.29, 1.82) is 0 Å². The molecule has 2 rings (SSSR count). The average Bonchev–Trinajstić information content (AvgIpc) is 2.45. The van der Waals surface area contributed by atoms with E-state index in [-0.39, 0.29) is 6.09 Å². The maximum atomic E-state index is 12.0. The third kappa shape index (κ3) is 6.07. The molecule has 2 aliphatic heterocycles. The monoisotopic (exact) mass is 314 g/mol. The van der Waals surface area contributed by atoms with Gasteiger partial charge in [-0.15, -0.1) is 0 Å². The lowest BCUT2D eigenvalue weighted by molar-refractivity contribution is 0.0198. The zero-order chi connectivity index (χ0) is 15.3. The fraction of sp³-hybridized carbons (Fsp3) is 0.938. The highest BCUT2D eigenvalue weighted by Gasteiger charge is 2.27. The lowest BCUT2D eigenvalue weighted by Crippen LogP contribution is -2.47. The maximum absolute atomic E-state index is 12.0. The number of hydrogen-bond donors (Lipinski definition) is 1. The van der Waals surface area contributed by atoms with Gasteiger partial charge in [0.2, 0.25) is 0 Å². The number of piperidine rings is 1. The van der Waals surface area contributed by atoms with Crippen LogP contribution >= 0.6 is 11.8 Å². The molecule has 0 aromatic heterocycles. The molecule has 4 nitrogen and oxygen atoms in total. The molecule has 0 aliphatic carbocycles. The van der Waals surface area contributed by atoms with Crippen molar-refractivity contribution in [3.05, 3.63) is 0 Å². The number of nitrogens with one attached hydrogen (secondary N) is 1. The van der Waals surface area contributed by atoms with Crippen LogP contribution in [0.25, 0.3) is 0 Å². The Morgan fingerprint density at radius 2 is 1.95 bits per heavy atom. The van der Waals surface area contributed by atoms with Crippen molar-refractivity contribution < 1.29 is 9.53 Å². The van der Waals surface area contributed by atoms with Crippen molar-refractivity contribution in [2.75, 3.05) is 25.4 Å². The Morgan fingerprint density at radius 1 is 1.24 bits per heavy atom. The van der Waals surface area contributed by atoms with Crippen LogP contribution in [0.5, 0.6) is 0 Å². The first-order chi connectivity index (χ1) is 9.94. The first-order valence-corrected chi connectivity index (χ1v) is 9.32. The van der Waals surface area contributed by atoms with Gasteiger partial charge in [-0.25, -0.2) is 4.79 Å². The number of hydrogen-bond acceptors (Lipinski definition) is 4. The Hall–Kier alpha value is -0.420. The molecule has 0 aromatic carbocycles. The molecule has 2 saturated heterocycles. The van der Waals surface area contributed by atoms with E-state index < -0.39 is 5.60 Å². The predicted molar refractivity (Wildman–Crippen MR) is 88.9 cm³/mol. The van der Waals surface area contributed by atoms with E-state index in [2.05, 4.69) is 17.1 Å². The van der Waals surface area contributed by atoms with Crippen LogP contribution in [0.2, 0.25) is 0 Å². The number of likely N-dealkylation sites (tertiary alicyclic amines) is 1. The van der Waals surface area contributed by atoms with Crippen molar-refractivity contribution in [2.45, 2.75) is 69.8 Å². The topological polar surface area (TPSA) is 41.6 Å². The maximum Gasteiger partial charge on any atom is 0.410 e. The molecule has 2 aliphatic rings. The number of rotatable bonds is 3. The van der Waals surface area contributed by atoms with Gasteiger partial charge in [-0.2, -0.15) is 11.8 Å². The lowest BCUT2D eigenvalue weighted by atomic mass is 10.0. The summed E-state index contributed by atoms with van der Waals surface area (Å²) in [5.74, 6) is 1.32. The highest BCUT2D eigenvalue weighted by atomic mass is 32.2. The van der Waals surface area contributed by atoms with Crippen LogP contribution in [0.1, 0.15) is 52.9 Å². The third-order valence-electron chi connectivity index (χ3n) is 4.05. The molecule has 122 valence electrons. The van der Waals surface area contributed by atoms with Crippen LogP contribution in [-0.4, -0.2) is 53.3 Å². The van der Waals surface area contributed by atoms with Crippen LogP contribution < -0.4 is 5.32 Å². The van der Waals surface area contributed by atoms with E-state index in [1.165, 1.54) is 25.0 Å². The summed E-state index contributed by atoms with van der Waals surface area (Å²) in [5.41, 5.74) is -0.398. The molecule has 2 fully saturated rings. The molecular formula is C16H30N2O2S. The van der Waals surface area contributed by atoms with Gasteiger partial charge in [-0.3, -0.25) is 0 Å². The molecule has 0 aromatic rings. The summed E-state index contributed by atoms with van der Waals surface area (Å²) in [4.78, 5) is 13.9. The molecule has 0 spiro atoms. The minimum absolute atomic E-state index is 0.163. The molecule has 5 heteroatoms. The fourth-order valence-corrected chi connectivity index (χ4v) is 4.11. The van der Waals surface area contributed by atoms with Gasteiger partial charge in [0.15, 0.2) is 0 Å². The van der Waals surface area contributed by atoms with Gasteiger partial charge < -0.3 is 15.0 Å². The average molecular weight is 314 g/mol. The molecule has 1 unspecified atom stereocenters. The van der Waals surface area contributed by atoms with Crippen LogP contribution in [-0.2, 0) is 4.74 Å². The van der Waals surface area contributed by atoms with E-state index >= 15 is 0 Å². The normalized spacial score (nSPS) is 24.9. The molecule has 2 heterocycles. The number of ether oxygens (including phenoxy) is 1. The summed E-state index contributed by atoms with van der Waals surface area (Å²) in [6.45, 7) is 8.50. The smallest absolute Gasteiger partial charge is 0.410 e. The molecule has 0 radical (unpaired) electrons. The van der Waals surface area contributed by atoms with E-state index in [1.807, 2.05) is 25.7 Å². The van der Waals surface area contributed by atoms with Crippen molar-refractivity contribution >= 4 is 17.9 Å². The van der Waals surface area contributed by atoms with Gasteiger partial charge in [0, 0.05) is 30.9 Å². The number of carbonyl (C=O) groups is 1. The summed E-state index contributed by atoms with van der Waals surface area (Å²) in [6, 6.07) is 0.561. The van der Waals surface area contributed by atoms with Gasteiger partial charge in [-0.1, -0.05) is 6.42 Å². The van der Waals surface area contributed by atoms with Crippen molar-refractivity contribution in [3.63, 3.8) is 0 Å². The van der Waals surface area contributed by atoms with Crippen molar-refractivity contribution in [1.82, 2.24) is 10.2 Å². The SMILES string of the molecule is CC(C)(C)OC(=O)N1CCC(NCC2CCCCS2)CC1. The second-order valence-electron chi connectivity index (χ2n) is 7.14. The van der Waals surface area contributed by atoms with Crippen LogP contribution in [0.3, 0.4) is 0 Å². The molecule has 0 saturated carbocycles. The fourth-order valence-electron chi connectivity index (χ4n) is 2.86. The summed E-state index contributed by atoms with van der Waals surface area (Å²) < 4.78 is 5.43. The molecule has 21 heavy (non-hydrogen) atoms. The highest BCUT2D eigenvalue weighted by molar-refractivity contribution is 7.99. The second kappa shape index (κ2) is 7.73. The molecule has 0 bridgehead atoms. The van der Waals surface area contributed by atoms with Crippen LogP contribution in [0.15, 0.2) is 0 Å². The molecule has 1 amide bonds. The quantitative estimate of drug-likeness (QED) is 0.868. The number of carbonyl (C=O) groups excluding carboxylic acids is 1. The minimum atomic E-state index is -0.398. The van der Waals surface area contributed by atoms with Crippen molar-refractivity contribution in [3.8, 4) is 0 Å². The summed E-state index contributed by atoms with van der Waals surface area (Å²) in [5, 5.41) is 4.49. The Bertz CT molecular complexity index is 330. The molecule has 1 N–H and O–H groups in total. The first kappa shape index (κ1) is 16.9. The van der Waals surface area contributed by atoms with Crippen LogP contribution in [0.4, 0.5) is 4.79 Å². The highest BCUT2D eigenvalue weighted by Crippen LogP contribution is 2.24. The van der Waals surface area contributed by atoms with Gasteiger partial charge in [0.25, 0.3) is 0 Å².